The van der Waals surface area contributed by atoms with E-state index < -0.39 is 5.97 Å². The maximum atomic E-state index is 10.5. The highest BCUT2D eigenvalue weighted by Crippen LogP contribution is 2.03. The fourth-order valence-corrected chi connectivity index (χ4v) is 0.876. The van der Waals surface area contributed by atoms with Crippen LogP contribution in [0.3, 0.4) is 0 Å². The maximum Gasteiger partial charge on any atom is 0.381 e. The standard InChI is InChI=1S/C3H2N2O2S2/c6-3(7-8)2-5-4-1-9-2/h1,8H. The molecule has 1 aromatic heterocycles. The van der Waals surface area contributed by atoms with Crippen molar-refractivity contribution in [1.82, 2.24) is 10.2 Å². The van der Waals surface area contributed by atoms with Gasteiger partial charge in [-0.25, -0.2) is 4.79 Å². The molecule has 0 radical (unpaired) electrons. The quantitative estimate of drug-likeness (QED) is 0.483. The summed E-state index contributed by atoms with van der Waals surface area (Å²) in [5, 5.41) is 7.07. The van der Waals surface area contributed by atoms with Gasteiger partial charge in [0.05, 0.1) is 0 Å². The van der Waals surface area contributed by atoms with E-state index in [1.807, 2.05) is 0 Å². The summed E-state index contributed by atoms with van der Waals surface area (Å²) in [5.41, 5.74) is 1.44. The van der Waals surface area contributed by atoms with Crippen LogP contribution in [0.25, 0.3) is 0 Å². The van der Waals surface area contributed by atoms with Crippen molar-refractivity contribution in [2.24, 2.45) is 0 Å². The van der Waals surface area contributed by atoms with Crippen LogP contribution in [0.1, 0.15) is 9.80 Å². The normalized spacial score (nSPS) is 9.00. The zero-order valence-corrected chi connectivity index (χ0v) is 5.85. The SMILES string of the molecule is O=C(OS)c1nncs1. The van der Waals surface area contributed by atoms with Crippen molar-refractivity contribution < 1.29 is 8.98 Å². The van der Waals surface area contributed by atoms with Crippen LogP contribution >= 0.6 is 24.2 Å². The maximum absolute atomic E-state index is 10.5. The summed E-state index contributed by atoms with van der Waals surface area (Å²) in [6, 6.07) is 0. The minimum Gasteiger partial charge on any atom is -0.389 e. The van der Waals surface area contributed by atoms with Gasteiger partial charge in [0.2, 0.25) is 5.01 Å². The van der Waals surface area contributed by atoms with Gasteiger partial charge in [0.25, 0.3) is 0 Å². The van der Waals surface area contributed by atoms with Crippen molar-refractivity contribution in [3.05, 3.63) is 10.5 Å². The molecule has 0 aromatic carbocycles. The van der Waals surface area contributed by atoms with Crippen molar-refractivity contribution in [1.29, 1.82) is 0 Å². The second kappa shape index (κ2) is 2.79. The van der Waals surface area contributed by atoms with Crippen molar-refractivity contribution in [3.8, 4) is 0 Å². The molecule has 0 amide bonds. The first kappa shape index (κ1) is 6.50. The molecule has 0 atom stereocenters. The Labute approximate surface area is 60.5 Å². The Hall–Kier alpha value is -0.620. The smallest absolute Gasteiger partial charge is 0.381 e. The Morgan fingerprint density at radius 1 is 1.89 bits per heavy atom. The molecule has 0 aliphatic rings. The van der Waals surface area contributed by atoms with E-state index in [1.165, 1.54) is 5.51 Å². The van der Waals surface area contributed by atoms with Crippen LogP contribution in [0.15, 0.2) is 5.51 Å². The van der Waals surface area contributed by atoms with E-state index >= 15 is 0 Å². The zero-order valence-electron chi connectivity index (χ0n) is 4.14. The van der Waals surface area contributed by atoms with Crippen LogP contribution in [0.2, 0.25) is 0 Å². The van der Waals surface area contributed by atoms with Crippen molar-refractivity contribution in [3.63, 3.8) is 0 Å². The van der Waals surface area contributed by atoms with Gasteiger partial charge in [-0.2, -0.15) is 0 Å². The molecule has 0 aliphatic heterocycles. The zero-order chi connectivity index (χ0) is 6.69. The Morgan fingerprint density at radius 2 is 2.67 bits per heavy atom. The minimum absolute atomic E-state index is 0.213. The van der Waals surface area contributed by atoms with E-state index in [0.717, 1.165) is 11.3 Å². The molecular weight excluding hydrogens is 160 g/mol. The fraction of sp³-hybridized carbons (Fsp3) is 0. The number of carbonyl (C=O) groups excluding carboxylic acids is 1. The van der Waals surface area contributed by atoms with Crippen LogP contribution in [-0.2, 0) is 4.18 Å². The number of carbonyl (C=O) groups is 1. The van der Waals surface area contributed by atoms with E-state index in [0.29, 0.717) is 0 Å². The van der Waals surface area contributed by atoms with Gasteiger partial charge in [-0.05, 0) is 0 Å². The molecule has 0 spiro atoms. The number of hydrogen-bond donors (Lipinski definition) is 1. The lowest BCUT2D eigenvalue weighted by molar-refractivity contribution is 0.0771. The lowest BCUT2D eigenvalue weighted by atomic mass is 10.7. The van der Waals surface area contributed by atoms with E-state index in [-0.39, 0.29) is 5.01 Å². The van der Waals surface area contributed by atoms with Crippen LogP contribution < -0.4 is 0 Å². The molecule has 0 aliphatic carbocycles. The van der Waals surface area contributed by atoms with Gasteiger partial charge in [0.15, 0.2) is 0 Å². The van der Waals surface area contributed by atoms with Gasteiger partial charge in [-0.15, -0.1) is 10.2 Å². The summed E-state index contributed by atoms with van der Waals surface area (Å²) in [5.74, 6) is -0.569. The molecule has 0 saturated heterocycles. The predicted molar refractivity (Wildman–Crippen MR) is 34.3 cm³/mol. The Morgan fingerprint density at radius 3 is 3.11 bits per heavy atom. The second-order valence-electron chi connectivity index (χ2n) is 1.12. The first-order valence-corrected chi connectivity index (χ1v) is 3.21. The first-order chi connectivity index (χ1) is 4.34. The average molecular weight is 162 g/mol. The topological polar surface area (TPSA) is 52.1 Å². The second-order valence-corrected chi connectivity index (χ2v) is 2.14. The number of aromatic nitrogens is 2. The van der Waals surface area contributed by atoms with Gasteiger partial charge in [0.1, 0.15) is 5.51 Å². The highest BCUT2D eigenvalue weighted by atomic mass is 32.1. The van der Waals surface area contributed by atoms with E-state index in [4.69, 9.17) is 0 Å². The van der Waals surface area contributed by atoms with Gasteiger partial charge in [-0.3, -0.25) is 0 Å². The van der Waals surface area contributed by atoms with Crippen molar-refractivity contribution in [2.45, 2.75) is 0 Å². The van der Waals surface area contributed by atoms with Crippen LogP contribution in [0, 0.1) is 0 Å². The number of thiol groups is 1. The Bertz CT molecular complexity index is 198. The van der Waals surface area contributed by atoms with E-state index in [1.54, 1.807) is 0 Å². The van der Waals surface area contributed by atoms with Crippen LogP contribution in [0.4, 0.5) is 0 Å². The van der Waals surface area contributed by atoms with Gasteiger partial charge in [-0.1, -0.05) is 11.3 Å². The van der Waals surface area contributed by atoms with Gasteiger partial charge >= 0.3 is 5.97 Å². The molecule has 0 bridgehead atoms. The molecule has 48 valence electrons. The van der Waals surface area contributed by atoms with Gasteiger partial charge < -0.3 is 4.18 Å². The summed E-state index contributed by atoms with van der Waals surface area (Å²) in [7, 11) is 0. The lowest BCUT2D eigenvalue weighted by Crippen LogP contribution is -1.96. The van der Waals surface area contributed by atoms with Gasteiger partial charge in [0, 0.05) is 12.9 Å². The lowest BCUT2D eigenvalue weighted by Gasteiger charge is -1.85. The third-order valence-electron chi connectivity index (χ3n) is 0.618. The summed E-state index contributed by atoms with van der Waals surface area (Å²) in [4.78, 5) is 10.5. The molecule has 1 aromatic rings. The Kier molecular flexibility index (Phi) is 2.01. The molecule has 0 fully saturated rings. The molecule has 0 unspecified atom stereocenters. The molecule has 1 rings (SSSR count). The van der Waals surface area contributed by atoms with Crippen LogP contribution in [-0.4, -0.2) is 16.2 Å². The highest BCUT2D eigenvalue weighted by Gasteiger charge is 2.07. The molecule has 6 heteroatoms. The number of rotatable bonds is 1. The largest absolute Gasteiger partial charge is 0.389 e. The molecule has 0 saturated carbocycles. The summed E-state index contributed by atoms with van der Waals surface area (Å²) >= 11 is 4.40. The molecular formula is C3H2N2O2S2. The van der Waals surface area contributed by atoms with E-state index in [2.05, 4.69) is 27.3 Å². The number of hydrogen-bond acceptors (Lipinski definition) is 6. The monoisotopic (exact) mass is 162 g/mol. The third-order valence-corrected chi connectivity index (χ3v) is 1.45. The fourth-order valence-electron chi connectivity index (χ4n) is 0.301. The summed E-state index contributed by atoms with van der Waals surface area (Å²) in [6.07, 6.45) is 0. The molecule has 0 N–H and O–H groups in total. The van der Waals surface area contributed by atoms with E-state index in [9.17, 15) is 4.79 Å². The minimum atomic E-state index is -0.569. The Balaban J connectivity index is 2.77. The molecule has 9 heavy (non-hydrogen) atoms. The first-order valence-electron chi connectivity index (χ1n) is 1.96. The van der Waals surface area contributed by atoms with Crippen LogP contribution in [0.5, 0.6) is 0 Å². The summed E-state index contributed by atoms with van der Waals surface area (Å²) in [6.45, 7) is 0. The predicted octanol–water partition coefficient (Wildman–Crippen LogP) is 0.540. The average Bonchev–Trinajstić information content (AvgIpc) is 2.37. The highest BCUT2D eigenvalue weighted by molar-refractivity contribution is 7.75. The van der Waals surface area contributed by atoms with Crippen molar-refractivity contribution in [2.75, 3.05) is 0 Å². The third kappa shape index (κ3) is 1.39. The summed E-state index contributed by atoms with van der Waals surface area (Å²) < 4.78 is 4.06. The van der Waals surface area contributed by atoms with Crippen molar-refractivity contribution >= 4 is 30.2 Å². The molecule has 1 heterocycles. The number of nitrogens with zero attached hydrogens (tertiary/aromatic N) is 2. The molecule has 4 nitrogen and oxygen atoms in total.